The maximum atomic E-state index is 11.6. The van der Waals surface area contributed by atoms with E-state index in [1.165, 1.54) is 25.7 Å². The largest absolute Gasteiger partial charge is 0.391 e. The molecule has 0 aliphatic heterocycles. The summed E-state index contributed by atoms with van der Waals surface area (Å²) in [4.78, 5) is 11.6. The van der Waals surface area contributed by atoms with Gasteiger partial charge < -0.3 is 10.4 Å². The van der Waals surface area contributed by atoms with E-state index in [1.807, 2.05) is 13.8 Å². The van der Waals surface area contributed by atoms with E-state index in [-0.39, 0.29) is 11.8 Å². The normalized spacial score (nSPS) is 20.7. The van der Waals surface area contributed by atoms with Gasteiger partial charge in [-0.15, -0.1) is 0 Å². The van der Waals surface area contributed by atoms with E-state index in [9.17, 15) is 9.90 Å². The molecule has 0 aromatic heterocycles. The molecular formula is C13H25NO2. The Bertz CT molecular complexity index is 212. The van der Waals surface area contributed by atoms with Crippen molar-refractivity contribution in [3.05, 3.63) is 0 Å². The lowest BCUT2D eigenvalue weighted by Gasteiger charge is -2.18. The minimum absolute atomic E-state index is 0.106. The first kappa shape index (κ1) is 13.5. The Morgan fingerprint density at radius 3 is 2.62 bits per heavy atom. The van der Waals surface area contributed by atoms with Crippen molar-refractivity contribution in [1.82, 2.24) is 5.32 Å². The summed E-state index contributed by atoms with van der Waals surface area (Å²) in [5.41, 5.74) is 0. The van der Waals surface area contributed by atoms with Gasteiger partial charge in [0.2, 0.25) is 5.91 Å². The molecule has 3 heteroatoms. The summed E-state index contributed by atoms with van der Waals surface area (Å²) in [5, 5.41) is 12.5. The van der Waals surface area contributed by atoms with Gasteiger partial charge in [-0.1, -0.05) is 33.1 Å². The maximum Gasteiger partial charge on any atom is 0.220 e. The zero-order valence-corrected chi connectivity index (χ0v) is 10.5. The van der Waals surface area contributed by atoms with E-state index in [2.05, 4.69) is 5.32 Å². The Hall–Kier alpha value is -0.570. The Morgan fingerprint density at radius 1 is 1.44 bits per heavy atom. The van der Waals surface area contributed by atoms with Gasteiger partial charge in [-0.2, -0.15) is 0 Å². The molecule has 16 heavy (non-hydrogen) atoms. The molecule has 0 bridgehead atoms. The molecule has 3 nitrogen and oxygen atoms in total. The smallest absolute Gasteiger partial charge is 0.220 e. The topological polar surface area (TPSA) is 49.3 Å². The van der Waals surface area contributed by atoms with E-state index in [0.29, 0.717) is 18.9 Å². The van der Waals surface area contributed by atoms with Crippen LogP contribution in [0.2, 0.25) is 0 Å². The Balaban J connectivity index is 2.14. The maximum absolute atomic E-state index is 11.6. The highest BCUT2D eigenvalue weighted by Gasteiger charge is 2.19. The van der Waals surface area contributed by atoms with E-state index < -0.39 is 6.10 Å². The minimum Gasteiger partial charge on any atom is -0.391 e. The van der Waals surface area contributed by atoms with Crippen molar-refractivity contribution in [2.75, 3.05) is 6.54 Å². The zero-order chi connectivity index (χ0) is 12.0. The molecule has 2 atom stereocenters. The zero-order valence-electron chi connectivity index (χ0n) is 10.5. The van der Waals surface area contributed by atoms with Gasteiger partial charge in [0, 0.05) is 13.0 Å². The van der Waals surface area contributed by atoms with E-state index >= 15 is 0 Å². The number of amides is 1. The second-order valence-electron chi connectivity index (χ2n) is 5.11. The third-order valence-corrected chi connectivity index (χ3v) is 3.76. The predicted octanol–water partition coefficient (Wildman–Crippen LogP) is 2.09. The Morgan fingerprint density at radius 2 is 2.06 bits per heavy atom. The van der Waals surface area contributed by atoms with Crippen LogP contribution in [0.3, 0.4) is 0 Å². The van der Waals surface area contributed by atoms with Crippen molar-refractivity contribution in [3.63, 3.8) is 0 Å². The molecule has 1 aliphatic carbocycles. The van der Waals surface area contributed by atoms with Crippen molar-refractivity contribution in [2.24, 2.45) is 11.8 Å². The second-order valence-corrected chi connectivity index (χ2v) is 5.11. The summed E-state index contributed by atoms with van der Waals surface area (Å²) in [6, 6.07) is 0. The summed E-state index contributed by atoms with van der Waals surface area (Å²) in [5.74, 6) is 0.946. The van der Waals surface area contributed by atoms with Gasteiger partial charge in [0.25, 0.3) is 0 Å². The second kappa shape index (κ2) is 6.89. The number of hydrogen-bond acceptors (Lipinski definition) is 2. The van der Waals surface area contributed by atoms with Crippen molar-refractivity contribution in [3.8, 4) is 0 Å². The first-order valence-corrected chi connectivity index (χ1v) is 6.58. The highest BCUT2D eigenvalue weighted by molar-refractivity contribution is 5.76. The van der Waals surface area contributed by atoms with Crippen LogP contribution in [-0.4, -0.2) is 23.7 Å². The molecule has 94 valence electrons. The lowest BCUT2D eigenvalue weighted by atomic mass is 10.0. The van der Waals surface area contributed by atoms with Crippen LogP contribution in [-0.2, 0) is 4.79 Å². The summed E-state index contributed by atoms with van der Waals surface area (Å²) in [6.07, 6.45) is 6.12. The molecule has 1 aliphatic rings. The van der Waals surface area contributed by atoms with Gasteiger partial charge in [0.1, 0.15) is 0 Å². The molecule has 0 aromatic carbocycles. The number of carbonyl (C=O) groups is 1. The third kappa shape index (κ3) is 4.52. The Kier molecular flexibility index (Phi) is 5.81. The van der Waals surface area contributed by atoms with E-state index in [4.69, 9.17) is 0 Å². The van der Waals surface area contributed by atoms with Gasteiger partial charge in [0.05, 0.1) is 6.10 Å². The number of aliphatic hydroxyl groups excluding tert-OH is 1. The molecule has 0 heterocycles. The van der Waals surface area contributed by atoms with Gasteiger partial charge in [0.15, 0.2) is 0 Å². The van der Waals surface area contributed by atoms with Crippen LogP contribution in [0.1, 0.15) is 52.4 Å². The van der Waals surface area contributed by atoms with Gasteiger partial charge >= 0.3 is 0 Å². The lowest BCUT2D eigenvalue weighted by Crippen LogP contribution is -2.35. The lowest BCUT2D eigenvalue weighted by molar-refractivity contribution is -0.122. The van der Waals surface area contributed by atoms with Crippen molar-refractivity contribution >= 4 is 5.91 Å². The summed E-state index contributed by atoms with van der Waals surface area (Å²) < 4.78 is 0. The summed E-state index contributed by atoms with van der Waals surface area (Å²) in [6.45, 7) is 4.46. The van der Waals surface area contributed by atoms with Crippen LogP contribution in [0.4, 0.5) is 0 Å². The predicted molar refractivity (Wildman–Crippen MR) is 65.0 cm³/mol. The molecule has 1 rings (SSSR count). The molecule has 1 fully saturated rings. The molecule has 0 radical (unpaired) electrons. The fraction of sp³-hybridized carbons (Fsp3) is 0.923. The molecular weight excluding hydrogens is 202 g/mol. The monoisotopic (exact) mass is 227 g/mol. The molecule has 0 aromatic rings. The molecule has 2 unspecified atom stereocenters. The fourth-order valence-corrected chi connectivity index (χ4v) is 2.24. The molecule has 0 saturated heterocycles. The molecule has 1 amide bonds. The fourth-order valence-electron chi connectivity index (χ4n) is 2.24. The first-order chi connectivity index (χ1) is 7.63. The SMILES string of the molecule is CCC(C)C(O)CNC(=O)CC1CCCC1. The van der Waals surface area contributed by atoms with Crippen molar-refractivity contribution < 1.29 is 9.90 Å². The van der Waals surface area contributed by atoms with Crippen molar-refractivity contribution in [1.29, 1.82) is 0 Å². The number of carbonyl (C=O) groups excluding carboxylic acids is 1. The summed E-state index contributed by atoms with van der Waals surface area (Å²) >= 11 is 0. The van der Waals surface area contributed by atoms with Gasteiger partial charge in [-0.3, -0.25) is 4.79 Å². The highest BCUT2D eigenvalue weighted by Crippen LogP contribution is 2.27. The van der Waals surface area contributed by atoms with E-state index in [1.54, 1.807) is 0 Å². The molecule has 1 saturated carbocycles. The van der Waals surface area contributed by atoms with Crippen LogP contribution >= 0.6 is 0 Å². The number of nitrogens with one attached hydrogen (secondary N) is 1. The quantitative estimate of drug-likeness (QED) is 0.730. The summed E-state index contributed by atoms with van der Waals surface area (Å²) in [7, 11) is 0. The van der Waals surface area contributed by atoms with Crippen LogP contribution in [0, 0.1) is 11.8 Å². The highest BCUT2D eigenvalue weighted by atomic mass is 16.3. The average Bonchev–Trinajstić information content (AvgIpc) is 2.77. The minimum atomic E-state index is -0.405. The third-order valence-electron chi connectivity index (χ3n) is 3.76. The van der Waals surface area contributed by atoms with Gasteiger partial charge in [-0.25, -0.2) is 0 Å². The van der Waals surface area contributed by atoms with Crippen LogP contribution in [0.5, 0.6) is 0 Å². The number of rotatable bonds is 6. The number of hydrogen-bond donors (Lipinski definition) is 2. The number of aliphatic hydroxyl groups is 1. The van der Waals surface area contributed by atoms with Crippen LogP contribution in [0.15, 0.2) is 0 Å². The average molecular weight is 227 g/mol. The van der Waals surface area contributed by atoms with E-state index in [0.717, 1.165) is 6.42 Å². The molecule has 2 N–H and O–H groups in total. The van der Waals surface area contributed by atoms with Crippen molar-refractivity contribution in [2.45, 2.75) is 58.5 Å². The van der Waals surface area contributed by atoms with Crippen LogP contribution in [0.25, 0.3) is 0 Å². The molecule has 0 spiro atoms. The Labute approximate surface area is 98.6 Å². The van der Waals surface area contributed by atoms with Crippen LogP contribution < -0.4 is 5.32 Å². The first-order valence-electron chi connectivity index (χ1n) is 6.58. The standard InChI is InChI=1S/C13H25NO2/c1-3-10(2)12(15)9-14-13(16)8-11-6-4-5-7-11/h10-12,15H,3-9H2,1-2H3,(H,14,16). The van der Waals surface area contributed by atoms with Gasteiger partial charge in [-0.05, 0) is 24.7 Å².